The number of aromatic nitrogens is 3. The number of H-pyrrole nitrogens is 1. The smallest absolute Gasteiger partial charge is 0.337 e. The number of aromatic hydroxyl groups is 1. The number of carbonyl (C=O) groups is 1. The van der Waals surface area contributed by atoms with Gasteiger partial charge >= 0.3 is 5.97 Å². The van der Waals surface area contributed by atoms with Crippen molar-refractivity contribution in [2.24, 2.45) is 0 Å². The van der Waals surface area contributed by atoms with Gasteiger partial charge in [-0.15, -0.1) is 0 Å². The second-order valence-corrected chi connectivity index (χ2v) is 5.04. The van der Waals surface area contributed by atoms with Gasteiger partial charge in [-0.1, -0.05) is 6.07 Å². The van der Waals surface area contributed by atoms with Crippen molar-refractivity contribution in [1.82, 2.24) is 14.8 Å². The quantitative estimate of drug-likeness (QED) is 0.685. The van der Waals surface area contributed by atoms with Crippen molar-refractivity contribution in [3.63, 3.8) is 0 Å². The van der Waals surface area contributed by atoms with E-state index in [1.54, 1.807) is 25.3 Å². The highest BCUT2D eigenvalue weighted by molar-refractivity contribution is 5.87. The zero-order chi connectivity index (χ0) is 16.6. The number of carboxylic acid groups (broad SMARTS) is 1. The van der Waals surface area contributed by atoms with Crippen LogP contribution in [-0.2, 0) is 0 Å². The lowest BCUT2D eigenvalue weighted by molar-refractivity contribution is 0.0696. The van der Waals surface area contributed by atoms with Gasteiger partial charge < -0.3 is 10.2 Å². The minimum atomic E-state index is -1.08. The Balaban J connectivity index is 2.03. The maximum absolute atomic E-state index is 12.5. The molecule has 3 N–H and O–H groups in total. The van der Waals surface area contributed by atoms with Crippen LogP contribution in [0.2, 0.25) is 0 Å². The molecule has 0 bridgehead atoms. The summed E-state index contributed by atoms with van der Waals surface area (Å²) in [5.41, 5.74) is 1.49. The molecule has 0 atom stereocenters. The van der Waals surface area contributed by atoms with E-state index in [0.717, 1.165) is 0 Å². The molecule has 3 aromatic rings. The van der Waals surface area contributed by atoms with Gasteiger partial charge in [0, 0.05) is 12.4 Å². The van der Waals surface area contributed by atoms with E-state index in [1.165, 1.54) is 29.1 Å². The molecule has 0 fully saturated rings. The molecule has 7 heteroatoms. The van der Waals surface area contributed by atoms with Crippen LogP contribution in [-0.4, -0.2) is 30.9 Å². The molecule has 7 nitrogen and oxygen atoms in total. The Bertz CT molecular complexity index is 939. The highest BCUT2D eigenvalue weighted by atomic mass is 16.4. The summed E-state index contributed by atoms with van der Waals surface area (Å²) < 4.78 is 1.23. The third kappa shape index (κ3) is 2.59. The second-order valence-electron chi connectivity index (χ2n) is 5.04. The van der Waals surface area contributed by atoms with E-state index < -0.39 is 5.97 Å². The van der Waals surface area contributed by atoms with Crippen LogP contribution in [0.25, 0.3) is 16.9 Å². The van der Waals surface area contributed by atoms with Gasteiger partial charge in [-0.05, 0) is 42.3 Å². The number of hydrogen-bond acceptors (Lipinski definition) is 4. The van der Waals surface area contributed by atoms with E-state index in [9.17, 15) is 14.7 Å². The third-order valence-electron chi connectivity index (χ3n) is 3.50. The average Bonchev–Trinajstić information content (AvgIpc) is 2.92. The lowest BCUT2D eigenvalue weighted by atomic mass is 10.1. The molecule has 0 aliphatic carbocycles. The molecule has 0 radical (unpaired) electrons. The van der Waals surface area contributed by atoms with Crippen LogP contribution >= 0.6 is 0 Å². The van der Waals surface area contributed by atoms with E-state index in [4.69, 9.17) is 5.11 Å². The fraction of sp³-hybridized carbons (Fsp3) is 0.0625. The molecule has 0 unspecified atom stereocenters. The molecular weight excluding hydrogens is 298 g/mol. The molecular formula is C16H13N3O4. The number of rotatable bonds is 3. The Kier molecular flexibility index (Phi) is 3.46. The van der Waals surface area contributed by atoms with E-state index in [2.05, 4.69) is 10.1 Å². The number of aromatic carboxylic acids is 1. The molecule has 0 saturated carbocycles. The molecule has 116 valence electrons. The number of carboxylic acids is 1. The Morgan fingerprint density at radius 3 is 2.65 bits per heavy atom. The largest absolute Gasteiger partial charge is 0.508 e. The summed E-state index contributed by atoms with van der Waals surface area (Å²) in [6.07, 6.45) is 2.73. The normalized spacial score (nSPS) is 10.7. The molecule has 1 aromatic carbocycles. The maximum atomic E-state index is 12.5. The van der Waals surface area contributed by atoms with Crippen LogP contribution in [0.1, 0.15) is 15.9 Å². The Labute approximate surface area is 130 Å². The summed E-state index contributed by atoms with van der Waals surface area (Å²) >= 11 is 0. The first-order valence-electron chi connectivity index (χ1n) is 6.77. The van der Waals surface area contributed by atoms with Crippen molar-refractivity contribution < 1.29 is 15.0 Å². The number of nitrogens with one attached hydrogen (secondary N) is 1. The summed E-state index contributed by atoms with van der Waals surface area (Å²) in [7, 11) is 0. The highest BCUT2D eigenvalue weighted by Crippen LogP contribution is 2.23. The molecule has 0 spiro atoms. The van der Waals surface area contributed by atoms with Crippen molar-refractivity contribution in [2.75, 3.05) is 0 Å². The van der Waals surface area contributed by atoms with Crippen LogP contribution in [0.3, 0.4) is 0 Å². The monoisotopic (exact) mass is 311 g/mol. The van der Waals surface area contributed by atoms with Gasteiger partial charge in [0.05, 0.1) is 11.1 Å². The van der Waals surface area contributed by atoms with Gasteiger partial charge in [-0.25, -0.2) is 14.5 Å². The van der Waals surface area contributed by atoms with Gasteiger partial charge in [0.2, 0.25) is 0 Å². The number of aryl methyl sites for hydroxylation is 1. The first kappa shape index (κ1) is 14.6. The van der Waals surface area contributed by atoms with Crippen molar-refractivity contribution >= 4 is 5.97 Å². The van der Waals surface area contributed by atoms with Crippen molar-refractivity contribution in [3.05, 3.63) is 64.2 Å². The van der Waals surface area contributed by atoms with Gasteiger partial charge in [-0.3, -0.25) is 9.89 Å². The summed E-state index contributed by atoms with van der Waals surface area (Å²) in [5.74, 6) is -0.625. The summed E-state index contributed by atoms with van der Waals surface area (Å²) in [6, 6.07) is 7.72. The molecule has 3 rings (SSSR count). The van der Waals surface area contributed by atoms with Gasteiger partial charge in [0.15, 0.2) is 5.82 Å². The highest BCUT2D eigenvalue weighted by Gasteiger charge is 2.12. The van der Waals surface area contributed by atoms with Crippen LogP contribution in [0, 0.1) is 6.92 Å². The van der Waals surface area contributed by atoms with Crippen molar-refractivity contribution in [1.29, 1.82) is 0 Å². The number of phenolic OH excluding ortho intramolecular Hbond substituents is 1. The zero-order valence-corrected chi connectivity index (χ0v) is 12.1. The zero-order valence-electron chi connectivity index (χ0n) is 12.1. The fourth-order valence-electron chi connectivity index (χ4n) is 2.21. The minimum Gasteiger partial charge on any atom is -0.508 e. The van der Waals surface area contributed by atoms with Gasteiger partial charge in [-0.2, -0.15) is 0 Å². The lowest BCUT2D eigenvalue weighted by Gasteiger charge is -2.02. The van der Waals surface area contributed by atoms with Gasteiger partial charge in [0.1, 0.15) is 5.75 Å². The number of phenols is 1. The minimum absolute atomic E-state index is 0.0442. The molecule has 0 aliphatic heterocycles. The van der Waals surface area contributed by atoms with E-state index in [0.29, 0.717) is 22.5 Å². The molecule has 0 aliphatic rings. The van der Waals surface area contributed by atoms with Crippen LogP contribution < -0.4 is 5.56 Å². The first-order chi connectivity index (χ1) is 11.0. The number of pyridine rings is 1. The Morgan fingerprint density at radius 2 is 2.04 bits per heavy atom. The fourth-order valence-corrected chi connectivity index (χ4v) is 2.21. The van der Waals surface area contributed by atoms with Crippen LogP contribution in [0.15, 0.2) is 47.5 Å². The summed E-state index contributed by atoms with van der Waals surface area (Å²) in [6.45, 7) is 1.75. The Morgan fingerprint density at radius 1 is 1.26 bits per heavy atom. The number of hydrogen-bond donors (Lipinski definition) is 3. The topological polar surface area (TPSA) is 108 Å². The lowest BCUT2D eigenvalue weighted by Crippen LogP contribution is -2.17. The van der Waals surface area contributed by atoms with E-state index >= 15 is 0 Å². The molecule has 2 heterocycles. The molecule has 23 heavy (non-hydrogen) atoms. The Hall–Kier alpha value is -3.35. The van der Waals surface area contributed by atoms with E-state index in [1.807, 2.05) is 0 Å². The van der Waals surface area contributed by atoms with Crippen LogP contribution in [0.5, 0.6) is 5.75 Å². The van der Waals surface area contributed by atoms with Crippen molar-refractivity contribution in [3.8, 4) is 22.7 Å². The summed E-state index contributed by atoms with van der Waals surface area (Å²) in [5, 5.41) is 21.2. The molecule has 2 aromatic heterocycles. The predicted molar refractivity (Wildman–Crippen MR) is 83.0 cm³/mol. The van der Waals surface area contributed by atoms with E-state index in [-0.39, 0.29) is 16.9 Å². The number of aromatic amines is 1. The third-order valence-corrected chi connectivity index (χ3v) is 3.50. The predicted octanol–water partition coefficient (Wildman–Crippen LogP) is 1.94. The SMILES string of the molecule is Cc1cc(-c2c[nH]n(-c3ccc(C(=O)O)cn3)c2=O)ccc1O. The van der Waals surface area contributed by atoms with Gasteiger partial charge in [0.25, 0.3) is 5.56 Å². The first-order valence-corrected chi connectivity index (χ1v) is 6.77. The maximum Gasteiger partial charge on any atom is 0.337 e. The second kappa shape index (κ2) is 5.45. The molecule has 0 amide bonds. The molecule has 0 saturated heterocycles. The average molecular weight is 311 g/mol. The standard InChI is InChI=1S/C16H13N3O4/c1-9-6-10(2-4-13(9)20)12-8-18-19(15(12)21)14-5-3-11(7-17-14)16(22)23/h2-8,18,20H,1H3,(H,22,23). The van der Waals surface area contributed by atoms with Crippen molar-refractivity contribution in [2.45, 2.75) is 6.92 Å². The van der Waals surface area contributed by atoms with Crippen LogP contribution in [0.4, 0.5) is 0 Å². The number of nitrogens with zero attached hydrogens (tertiary/aromatic N) is 2. The summed E-state index contributed by atoms with van der Waals surface area (Å²) in [4.78, 5) is 27.3. The number of benzene rings is 1.